The Labute approximate surface area is 169 Å². The first kappa shape index (κ1) is 19.8. The topological polar surface area (TPSA) is 84.0 Å². The van der Waals surface area contributed by atoms with Crippen molar-refractivity contribution in [2.45, 2.75) is 5.03 Å². The largest absolute Gasteiger partial charge is 0.325 e. The average molecular weight is 417 g/mol. The molecule has 0 fully saturated rings. The molecule has 0 saturated carbocycles. The molecule has 6 nitrogen and oxygen atoms in total. The van der Waals surface area contributed by atoms with E-state index in [0.29, 0.717) is 15.7 Å². The van der Waals surface area contributed by atoms with Gasteiger partial charge in [0.25, 0.3) is 5.91 Å². The zero-order valence-electron chi connectivity index (χ0n) is 14.4. The van der Waals surface area contributed by atoms with E-state index in [1.54, 1.807) is 36.4 Å². The van der Waals surface area contributed by atoms with Crippen LogP contribution in [0, 0.1) is 5.82 Å². The predicted octanol–water partition coefficient (Wildman–Crippen LogP) is 4.25. The van der Waals surface area contributed by atoms with Crippen LogP contribution in [-0.4, -0.2) is 27.8 Å². The van der Waals surface area contributed by atoms with Crippen LogP contribution in [0.2, 0.25) is 5.02 Å². The van der Waals surface area contributed by atoms with Crippen LogP contribution in [0.1, 0.15) is 10.4 Å². The van der Waals surface area contributed by atoms with Crippen molar-refractivity contribution in [2.75, 3.05) is 16.4 Å². The number of aromatic nitrogens is 2. The fourth-order valence-electron chi connectivity index (χ4n) is 2.20. The maximum Gasteiger partial charge on any atom is 0.259 e. The van der Waals surface area contributed by atoms with Crippen LogP contribution in [0.25, 0.3) is 0 Å². The molecule has 2 N–H and O–H groups in total. The third-order valence-electron chi connectivity index (χ3n) is 3.46. The number of nitrogens with zero attached hydrogens (tertiary/aromatic N) is 2. The van der Waals surface area contributed by atoms with Crippen molar-refractivity contribution < 1.29 is 14.0 Å². The highest BCUT2D eigenvalue weighted by atomic mass is 35.5. The van der Waals surface area contributed by atoms with Crippen molar-refractivity contribution in [1.29, 1.82) is 0 Å². The summed E-state index contributed by atoms with van der Waals surface area (Å²) < 4.78 is 13.6. The molecule has 0 atom stereocenters. The number of carbonyl (C=O) groups excluding carboxylic acids is 2. The van der Waals surface area contributed by atoms with E-state index >= 15 is 0 Å². The van der Waals surface area contributed by atoms with Crippen LogP contribution in [0.3, 0.4) is 0 Å². The summed E-state index contributed by atoms with van der Waals surface area (Å²) in [6.45, 7) is 0. The Morgan fingerprint density at radius 2 is 1.82 bits per heavy atom. The summed E-state index contributed by atoms with van der Waals surface area (Å²) in [5, 5.41) is 14.1. The van der Waals surface area contributed by atoms with E-state index in [0.717, 1.165) is 0 Å². The van der Waals surface area contributed by atoms with Crippen molar-refractivity contribution in [3.8, 4) is 0 Å². The minimum atomic E-state index is -0.620. The van der Waals surface area contributed by atoms with E-state index in [2.05, 4.69) is 20.8 Å². The molecule has 0 unspecified atom stereocenters. The molecule has 0 bridgehead atoms. The van der Waals surface area contributed by atoms with Gasteiger partial charge in [-0.1, -0.05) is 41.6 Å². The van der Waals surface area contributed by atoms with Gasteiger partial charge in [0.05, 0.1) is 11.3 Å². The van der Waals surface area contributed by atoms with E-state index in [1.165, 1.54) is 36.0 Å². The first-order valence-electron chi connectivity index (χ1n) is 8.09. The second-order valence-electron chi connectivity index (χ2n) is 5.54. The molecular formula is C19H14ClFN4O2S. The fourth-order valence-corrected chi connectivity index (χ4v) is 3.00. The van der Waals surface area contributed by atoms with Gasteiger partial charge in [0, 0.05) is 10.7 Å². The molecule has 0 aliphatic carbocycles. The third-order valence-corrected chi connectivity index (χ3v) is 4.61. The first-order chi connectivity index (χ1) is 13.5. The Bertz CT molecular complexity index is 1000. The first-order valence-corrected chi connectivity index (χ1v) is 9.45. The smallest absolute Gasteiger partial charge is 0.259 e. The summed E-state index contributed by atoms with van der Waals surface area (Å²) >= 11 is 7.06. The number of hydrogen-bond donors (Lipinski definition) is 2. The molecule has 2 amide bonds. The summed E-state index contributed by atoms with van der Waals surface area (Å²) in [5.74, 6) is -1.14. The van der Waals surface area contributed by atoms with Gasteiger partial charge in [-0.3, -0.25) is 9.59 Å². The Hall–Kier alpha value is -2.97. The van der Waals surface area contributed by atoms with Crippen LogP contribution < -0.4 is 10.6 Å². The van der Waals surface area contributed by atoms with Gasteiger partial charge in [0.2, 0.25) is 5.91 Å². The van der Waals surface area contributed by atoms with Gasteiger partial charge >= 0.3 is 0 Å². The monoisotopic (exact) mass is 416 g/mol. The van der Waals surface area contributed by atoms with Gasteiger partial charge in [-0.05, 0) is 42.5 Å². The number of benzene rings is 2. The Kier molecular flexibility index (Phi) is 6.57. The minimum absolute atomic E-state index is 0.0829. The number of nitrogens with one attached hydrogen (secondary N) is 2. The average Bonchev–Trinajstić information content (AvgIpc) is 2.68. The molecule has 1 aromatic heterocycles. The van der Waals surface area contributed by atoms with Crippen LogP contribution in [0.5, 0.6) is 0 Å². The number of rotatable bonds is 6. The number of thioether (sulfide) groups is 1. The van der Waals surface area contributed by atoms with E-state index in [4.69, 9.17) is 11.6 Å². The van der Waals surface area contributed by atoms with Crippen LogP contribution >= 0.6 is 23.4 Å². The summed E-state index contributed by atoms with van der Waals surface area (Å²) in [7, 11) is 0. The van der Waals surface area contributed by atoms with Crippen molar-refractivity contribution >= 4 is 46.7 Å². The Morgan fingerprint density at radius 3 is 2.54 bits per heavy atom. The van der Waals surface area contributed by atoms with Crippen LogP contribution in [-0.2, 0) is 4.79 Å². The van der Waals surface area contributed by atoms with Gasteiger partial charge in [-0.25, -0.2) is 4.39 Å². The highest BCUT2D eigenvalue weighted by Gasteiger charge is 2.12. The molecule has 3 aromatic rings. The molecule has 142 valence electrons. The van der Waals surface area contributed by atoms with Crippen molar-refractivity contribution in [3.05, 3.63) is 77.1 Å². The second-order valence-corrected chi connectivity index (χ2v) is 6.97. The Balaban J connectivity index is 1.52. The van der Waals surface area contributed by atoms with Crippen molar-refractivity contribution in [1.82, 2.24) is 10.2 Å². The highest BCUT2D eigenvalue weighted by molar-refractivity contribution is 7.99. The molecule has 28 heavy (non-hydrogen) atoms. The lowest BCUT2D eigenvalue weighted by atomic mass is 10.2. The summed E-state index contributed by atoms with van der Waals surface area (Å²) in [5.41, 5.74) is 0.524. The molecule has 0 spiro atoms. The number of anilines is 2. The summed E-state index contributed by atoms with van der Waals surface area (Å²) in [6, 6.07) is 15.6. The number of amides is 2. The number of carbonyl (C=O) groups is 2. The zero-order valence-corrected chi connectivity index (χ0v) is 15.9. The normalized spacial score (nSPS) is 10.4. The quantitative estimate of drug-likeness (QED) is 0.587. The minimum Gasteiger partial charge on any atom is -0.325 e. The fraction of sp³-hybridized carbons (Fsp3) is 0.0526. The van der Waals surface area contributed by atoms with Crippen molar-refractivity contribution in [2.24, 2.45) is 0 Å². The SMILES string of the molecule is O=C(CSc1ccc(NC(=O)c2ccccc2F)nn1)Nc1cccc(Cl)c1. The second kappa shape index (κ2) is 9.29. The lowest BCUT2D eigenvalue weighted by Crippen LogP contribution is -2.15. The van der Waals surface area contributed by atoms with Crippen LogP contribution in [0.4, 0.5) is 15.9 Å². The van der Waals surface area contributed by atoms with Gasteiger partial charge in [0.15, 0.2) is 5.82 Å². The van der Waals surface area contributed by atoms with Gasteiger partial charge < -0.3 is 10.6 Å². The van der Waals surface area contributed by atoms with Gasteiger partial charge in [-0.2, -0.15) is 0 Å². The summed E-state index contributed by atoms with van der Waals surface area (Å²) in [4.78, 5) is 24.0. The van der Waals surface area contributed by atoms with E-state index in [-0.39, 0.29) is 23.0 Å². The van der Waals surface area contributed by atoms with Gasteiger partial charge in [-0.15, -0.1) is 10.2 Å². The molecule has 0 aliphatic heterocycles. The highest BCUT2D eigenvalue weighted by Crippen LogP contribution is 2.18. The molecule has 1 heterocycles. The lowest BCUT2D eigenvalue weighted by Gasteiger charge is -2.06. The van der Waals surface area contributed by atoms with E-state index in [1.807, 2.05) is 0 Å². The predicted molar refractivity (Wildman–Crippen MR) is 107 cm³/mol. The molecule has 0 saturated heterocycles. The third kappa shape index (κ3) is 5.51. The molecule has 0 aliphatic rings. The molecule has 9 heteroatoms. The molecular weight excluding hydrogens is 403 g/mol. The molecule has 2 aromatic carbocycles. The standard InChI is InChI=1S/C19H14ClFN4O2S/c20-12-4-3-5-13(10-12)22-17(26)11-28-18-9-8-16(24-25-18)23-19(27)14-6-1-2-7-15(14)21/h1-10H,11H2,(H,22,26)(H,23,24,27). The van der Waals surface area contributed by atoms with E-state index in [9.17, 15) is 14.0 Å². The lowest BCUT2D eigenvalue weighted by molar-refractivity contribution is -0.113. The molecule has 3 rings (SSSR count). The van der Waals surface area contributed by atoms with Crippen LogP contribution in [0.15, 0.2) is 65.7 Å². The maximum absolute atomic E-state index is 13.6. The van der Waals surface area contributed by atoms with Gasteiger partial charge in [0.1, 0.15) is 10.8 Å². The summed E-state index contributed by atoms with van der Waals surface area (Å²) in [6.07, 6.45) is 0. The maximum atomic E-state index is 13.6. The van der Waals surface area contributed by atoms with E-state index < -0.39 is 11.7 Å². The Morgan fingerprint density at radius 1 is 1.00 bits per heavy atom. The number of hydrogen-bond acceptors (Lipinski definition) is 5. The van der Waals surface area contributed by atoms with Crippen molar-refractivity contribution in [3.63, 3.8) is 0 Å². The zero-order chi connectivity index (χ0) is 19.9. The number of halogens is 2. The molecule has 0 radical (unpaired) electrons.